The highest BCUT2D eigenvalue weighted by atomic mass is 35.5. The van der Waals surface area contributed by atoms with E-state index in [1.54, 1.807) is 11.0 Å². The second-order valence-corrected chi connectivity index (χ2v) is 6.63. The summed E-state index contributed by atoms with van der Waals surface area (Å²) in [5.74, 6) is -1.97. The van der Waals surface area contributed by atoms with Crippen LogP contribution < -0.4 is 5.73 Å². The number of aliphatic carboxylic acids is 1. The number of carbonyl (C=O) groups excluding carboxylic acids is 1. The van der Waals surface area contributed by atoms with E-state index in [4.69, 9.17) is 22.4 Å². The average Bonchev–Trinajstić information content (AvgIpc) is 2.83. The van der Waals surface area contributed by atoms with Crippen molar-refractivity contribution in [3.63, 3.8) is 0 Å². The van der Waals surface area contributed by atoms with Crippen molar-refractivity contribution in [2.45, 2.75) is 44.2 Å². The number of halogens is 2. The van der Waals surface area contributed by atoms with Crippen molar-refractivity contribution in [3.8, 4) is 0 Å². The van der Waals surface area contributed by atoms with E-state index < -0.39 is 29.8 Å². The van der Waals surface area contributed by atoms with Crippen LogP contribution in [0.1, 0.15) is 31.7 Å². The maximum atomic E-state index is 13.6. The van der Waals surface area contributed by atoms with Crippen LogP contribution in [0.2, 0.25) is 5.02 Å². The summed E-state index contributed by atoms with van der Waals surface area (Å²) >= 11 is 5.69. The first-order valence-corrected chi connectivity index (χ1v) is 7.83. The molecule has 1 unspecified atom stereocenters. The van der Waals surface area contributed by atoms with Crippen LogP contribution in [-0.2, 0) is 16.0 Å². The summed E-state index contributed by atoms with van der Waals surface area (Å²) in [7, 11) is 0. The van der Waals surface area contributed by atoms with Gasteiger partial charge in [0.1, 0.15) is 5.82 Å². The van der Waals surface area contributed by atoms with Gasteiger partial charge in [0.25, 0.3) is 0 Å². The number of likely N-dealkylation sites (tertiary alicyclic amines) is 1. The van der Waals surface area contributed by atoms with Crippen molar-refractivity contribution in [2.75, 3.05) is 6.54 Å². The zero-order chi connectivity index (χ0) is 17.2. The van der Waals surface area contributed by atoms with Gasteiger partial charge in [0.05, 0.1) is 17.5 Å². The molecule has 0 aromatic heterocycles. The Morgan fingerprint density at radius 2 is 2.22 bits per heavy atom. The van der Waals surface area contributed by atoms with Crippen LogP contribution in [0.3, 0.4) is 0 Å². The highest BCUT2D eigenvalue weighted by Gasteiger charge is 2.41. The monoisotopic (exact) mass is 342 g/mol. The van der Waals surface area contributed by atoms with Gasteiger partial charge in [-0.15, -0.1) is 0 Å². The van der Waals surface area contributed by atoms with E-state index in [0.29, 0.717) is 13.0 Å². The van der Waals surface area contributed by atoms with Gasteiger partial charge in [0, 0.05) is 12.1 Å². The molecule has 0 bridgehead atoms. The number of carboxylic acids is 1. The minimum atomic E-state index is -1.11. The molecule has 0 radical (unpaired) electrons. The van der Waals surface area contributed by atoms with Gasteiger partial charge in [0.2, 0.25) is 5.91 Å². The summed E-state index contributed by atoms with van der Waals surface area (Å²) in [5, 5.41) is 8.85. The molecule has 23 heavy (non-hydrogen) atoms. The summed E-state index contributed by atoms with van der Waals surface area (Å²) < 4.78 is 13.6. The molecule has 1 aliphatic rings. The molecule has 5 nitrogen and oxygen atoms in total. The first-order chi connectivity index (χ1) is 10.7. The lowest BCUT2D eigenvalue weighted by molar-refractivity contribution is -0.143. The topological polar surface area (TPSA) is 83.6 Å². The van der Waals surface area contributed by atoms with Crippen LogP contribution in [0.5, 0.6) is 0 Å². The second kappa shape index (κ2) is 6.84. The van der Waals surface area contributed by atoms with Gasteiger partial charge >= 0.3 is 5.97 Å². The Bertz CT molecular complexity index is 625. The molecule has 2 atom stereocenters. The molecule has 1 aliphatic heterocycles. The Hall–Kier alpha value is -1.66. The third kappa shape index (κ3) is 4.00. The molecule has 7 heteroatoms. The predicted molar refractivity (Wildman–Crippen MR) is 84.7 cm³/mol. The lowest BCUT2D eigenvalue weighted by Gasteiger charge is -2.37. The highest BCUT2D eigenvalue weighted by molar-refractivity contribution is 6.30. The minimum absolute atomic E-state index is 0.0572. The highest BCUT2D eigenvalue weighted by Crippen LogP contribution is 2.33. The summed E-state index contributed by atoms with van der Waals surface area (Å²) in [6.07, 6.45) is 1.62. The molecule has 2 rings (SSSR count). The fourth-order valence-electron chi connectivity index (χ4n) is 3.15. The Morgan fingerprint density at radius 3 is 2.83 bits per heavy atom. The zero-order valence-corrected chi connectivity index (χ0v) is 13.6. The van der Waals surface area contributed by atoms with Gasteiger partial charge in [-0.25, -0.2) is 4.39 Å². The van der Waals surface area contributed by atoms with Gasteiger partial charge in [-0.3, -0.25) is 9.59 Å². The maximum absolute atomic E-state index is 13.6. The molecule has 1 aromatic rings. The molecule has 1 amide bonds. The van der Waals surface area contributed by atoms with Crippen molar-refractivity contribution >= 4 is 23.5 Å². The van der Waals surface area contributed by atoms with Crippen LogP contribution in [0, 0.1) is 5.82 Å². The Balaban J connectivity index is 2.16. The molecular formula is C16H20ClFN2O3. The number of hydrogen-bond donors (Lipinski definition) is 2. The molecule has 3 N–H and O–H groups in total. The summed E-state index contributed by atoms with van der Waals surface area (Å²) in [5.41, 5.74) is 5.94. The number of nitrogens with two attached hydrogens (primary N) is 1. The fraction of sp³-hybridized carbons (Fsp3) is 0.500. The van der Waals surface area contributed by atoms with Crippen molar-refractivity contribution < 1.29 is 19.1 Å². The van der Waals surface area contributed by atoms with Crippen LogP contribution in [0.25, 0.3) is 0 Å². The largest absolute Gasteiger partial charge is 0.481 e. The van der Waals surface area contributed by atoms with Gasteiger partial charge in [-0.1, -0.05) is 17.7 Å². The molecule has 126 valence electrons. The van der Waals surface area contributed by atoms with Gasteiger partial charge in [0.15, 0.2) is 0 Å². The number of carboxylic acid groups (broad SMARTS) is 1. The van der Waals surface area contributed by atoms with Crippen LogP contribution in [0.4, 0.5) is 4.39 Å². The summed E-state index contributed by atoms with van der Waals surface area (Å²) in [4.78, 5) is 24.8. The Labute approximate surface area is 139 Å². The van der Waals surface area contributed by atoms with Crippen LogP contribution in [-0.4, -0.2) is 40.0 Å². The number of carbonyl (C=O) groups is 2. The Kier molecular flexibility index (Phi) is 5.26. The lowest BCUT2D eigenvalue weighted by Crippen LogP contribution is -2.53. The molecule has 0 spiro atoms. The van der Waals surface area contributed by atoms with Crippen LogP contribution in [0.15, 0.2) is 18.2 Å². The third-order valence-corrected chi connectivity index (χ3v) is 4.60. The first kappa shape index (κ1) is 17.7. The molecule has 0 saturated carbocycles. The molecule has 1 fully saturated rings. The SMILES string of the molecule is CC1(Cc2ccc(Cl)c(F)c2)CCCN1C(=O)[C@@H](N)CC(=O)O. The summed E-state index contributed by atoms with van der Waals surface area (Å²) in [6.45, 7) is 2.44. The van der Waals surface area contributed by atoms with Crippen molar-refractivity contribution in [2.24, 2.45) is 5.73 Å². The molecule has 1 heterocycles. The van der Waals surface area contributed by atoms with Gasteiger partial charge in [-0.05, 0) is 43.9 Å². The van der Waals surface area contributed by atoms with Gasteiger partial charge < -0.3 is 15.7 Å². The van der Waals surface area contributed by atoms with E-state index in [1.165, 1.54) is 12.1 Å². The first-order valence-electron chi connectivity index (χ1n) is 7.46. The maximum Gasteiger partial charge on any atom is 0.305 e. The van der Waals surface area contributed by atoms with E-state index in [1.807, 2.05) is 6.92 Å². The number of nitrogens with zero attached hydrogens (tertiary/aromatic N) is 1. The van der Waals surface area contributed by atoms with Gasteiger partial charge in [-0.2, -0.15) is 0 Å². The Morgan fingerprint density at radius 1 is 1.52 bits per heavy atom. The fourth-order valence-corrected chi connectivity index (χ4v) is 3.27. The molecular weight excluding hydrogens is 323 g/mol. The standard InChI is InChI=1S/C16H20ClFN2O3/c1-16(9-10-3-4-11(17)12(18)7-10)5-2-6-20(16)15(23)13(19)8-14(21)22/h3-4,7,13H,2,5-6,8-9,19H2,1H3,(H,21,22)/t13-,16?/m0/s1. The predicted octanol–water partition coefficient (Wildman–Crippen LogP) is 2.20. The number of amides is 1. The summed E-state index contributed by atoms with van der Waals surface area (Å²) in [6, 6.07) is 3.53. The average molecular weight is 343 g/mol. The molecule has 1 saturated heterocycles. The van der Waals surface area contributed by atoms with E-state index >= 15 is 0 Å². The second-order valence-electron chi connectivity index (χ2n) is 6.22. The van der Waals surface area contributed by atoms with E-state index in [-0.39, 0.29) is 10.9 Å². The van der Waals surface area contributed by atoms with Crippen molar-refractivity contribution in [1.82, 2.24) is 4.90 Å². The number of rotatable bonds is 5. The quantitative estimate of drug-likeness (QED) is 0.859. The van der Waals surface area contributed by atoms with E-state index in [9.17, 15) is 14.0 Å². The van der Waals surface area contributed by atoms with Crippen molar-refractivity contribution in [3.05, 3.63) is 34.6 Å². The number of benzene rings is 1. The molecule has 1 aromatic carbocycles. The minimum Gasteiger partial charge on any atom is -0.481 e. The van der Waals surface area contributed by atoms with Crippen LogP contribution >= 0.6 is 11.6 Å². The van der Waals surface area contributed by atoms with Crippen molar-refractivity contribution in [1.29, 1.82) is 0 Å². The normalized spacial score (nSPS) is 22.2. The lowest BCUT2D eigenvalue weighted by atomic mass is 9.89. The van der Waals surface area contributed by atoms with E-state index in [0.717, 1.165) is 18.4 Å². The number of hydrogen-bond acceptors (Lipinski definition) is 3. The third-order valence-electron chi connectivity index (χ3n) is 4.30. The van der Waals surface area contributed by atoms with E-state index in [2.05, 4.69) is 0 Å². The smallest absolute Gasteiger partial charge is 0.305 e. The molecule has 0 aliphatic carbocycles. The zero-order valence-electron chi connectivity index (χ0n) is 12.9.